The van der Waals surface area contributed by atoms with Gasteiger partial charge in [-0.2, -0.15) is 0 Å². The third kappa shape index (κ3) is 3.13. The van der Waals surface area contributed by atoms with Gasteiger partial charge in [-0.25, -0.2) is 0 Å². The van der Waals surface area contributed by atoms with Gasteiger partial charge in [0.1, 0.15) is 17.6 Å². The zero-order valence-corrected chi connectivity index (χ0v) is 11.4. The number of ether oxygens (including phenoxy) is 2. The molecule has 0 unspecified atom stereocenters. The summed E-state index contributed by atoms with van der Waals surface area (Å²) >= 11 is 3.45. The average molecular weight is 301 g/mol. The molecule has 1 fully saturated rings. The molecule has 0 aromatic heterocycles. The second-order valence-electron chi connectivity index (χ2n) is 4.30. The number of benzene rings is 1. The molecule has 1 aromatic carbocycles. The van der Waals surface area contributed by atoms with Gasteiger partial charge in [0.05, 0.1) is 17.7 Å². The van der Waals surface area contributed by atoms with Crippen LogP contribution >= 0.6 is 15.9 Å². The third-order valence-corrected chi connectivity index (χ3v) is 3.70. The maximum atomic E-state index is 9.86. The molecular weight excluding hydrogens is 284 g/mol. The highest BCUT2D eigenvalue weighted by Crippen LogP contribution is 2.32. The van der Waals surface area contributed by atoms with Gasteiger partial charge in [0.15, 0.2) is 0 Å². The van der Waals surface area contributed by atoms with Crippen molar-refractivity contribution >= 4 is 15.9 Å². The van der Waals surface area contributed by atoms with E-state index in [2.05, 4.69) is 15.9 Å². The van der Waals surface area contributed by atoms with E-state index in [9.17, 15) is 5.11 Å². The Labute approximate surface area is 110 Å². The molecule has 17 heavy (non-hydrogen) atoms. The minimum atomic E-state index is -0.349. The highest BCUT2D eigenvalue weighted by molar-refractivity contribution is 9.10. The Bertz CT molecular complexity index is 381. The van der Waals surface area contributed by atoms with Gasteiger partial charge in [-0.3, -0.25) is 0 Å². The largest absolute Gasteiger partial charge is 0.497 e. The van der Waals surface area contributed by atoms with E-state index < -0.39 is 0 Å². The molecule has 1 saturated carbocycles. The van der Waals surface area contributed by atoms with E-state index in [1.54, 1.807) is 7.11 Å². The van der Waals surface area contributed by atoms with Crippen LogP contribution in [0.15, 0.2) is 22.7 Å². The quantitative estimate of drug-likeness (QED) is 0.932. The Morgan fingerprint density at radius 1 is 1.29 bits per heavy atom. The lowest BCUT2D eigenvalue weighted by atomic mass is 9.95. The van der Waals surface area contributed by atoms with E-state index in [0.29, 0.717) is 0 Å². The highest BCUT2D eigenvalue weighted by atomic mass is 79.9. The van der Waals surface area contributed by atoms with Gasteiger partial charge in [-0.15, -0.1) is 0 Å². The van der Waals surface area contributed by atoms with Crippen LogP contribution in [0.5, 0.6) is 11.5 Å². The van der Waals surface area contributed by atoms with E-state index in [1.807, 2.05) is 18.2 Å². The molecule has 1 aromatic rings. The summed E-state index contributed by atoms with van der Waals surface area (Å²) in [5, 5.41) is 9.86. The van der Waals surface area contributed by atoms with Crippen molar-refractivity contribution in [1.82, 2.24) is 0 Å². The minimum Gasteiger partial charge on any atom is -0.497 e. The first-order valence-electron chi connectivity index (χ1n) is 5.89. The maximum absolute atomic E-state index is 9.86. The van der Waals surface area contributed by atoms with Crippen LogP contribution in [0, 0.1) is 0 Å². The standard InChI is InChI=1S/C13H17BrO3/c1-16-9-6-7-12(10(14)8-9)17-13-5-3-2-4-11(13)15/h6-8,11,13,15H,2-5H2,1H3/t11-,13-/m1/s1. The van der Waals surface area contributed by atoms with E-state index in [-0.39, 0.29) is 12.2 Å². The van der Waals surface area contributed by atoms with Gasteiger partial charge in [-0.05, 0) is 53.4 Å². The van der Waals surface area contributed by atoms with Crippen LogP contribution in [0.2, 0.25) is 0 Å². The Morgan fingerprint density at radius 3 is 2.71 bits per heavy atom. The van der Waals surface area contributed by atoms with Crippen LogP contribution < -0.4 is 9.47 Å². The van der Waals surface area contributed by atoms with Crippen LogP contribution in [-0.4, -0.2) is 24.4 Å². The van der Waals surface area contributed by atoms with E-state index in [0.717, 1.165) is 41.7 Å². The smallest absolute Gasteiger partial charge is 0.134 e. The molecule has 4 heteroatoms. The molecule has 1 N–H and O–H groups in total. The highest BCUT2D eigenvalue weighted by Gasteiger charge is 2.25. The van der Waals surface area contributed by atoms with Crippen molar-refractivity contribution in [2.45, 2.75) is 37.9 Å². The molecular formula is C13H17BrO3. The summed E-state index contributed by atoms with van der Waals surface area (Å²) < 4.78 is 11.8. The van der Waals surface area contributed by atoms with Crippen LogP contribution in [0.25, 0.3) is 0 Å². The maximum Gasteiger partial charge on any atom is 0.134 e. The lowest BCUT2D eigenvalue weighted by molar-refractivity contribution is 0.00646. The SMILES string of the molecule is COc1ccc(O[C@@H]2CCCC[C@H]2O)c(Br)c1. The van der Waals surface area contributed by atoms with Gasteiger partial charge in [0, 0.05) is 0 Å². The molecule has 0 saturated heterocycles. The molecule has 1 aliphatic carbocycles. The molecule has 2 atom stereocenters. The summed E-state index contributed by atoms with van der Waals surface area (Å²) in [5.41, 5.74) is 0. The molecule has 1 aliphatic rings. The number of hydrogen-bond acceptors (Lipinski definition) is 3. The monoisotopic (exact) mass is 300 g/mol. The molecule has 2 rings (SSSR count). The van der Waals surface area contributed by atoms with Crippen LogP contribution in [0.3, 0.4) is 0 Å². The zero-order chi connectivity index (χ0) is 12.3. The molecule has 3 nitrogen and oxygen atoms in total. The number of hydrogen-bond donors (Lipinski definition) is 1. The molecule has 94 valence electrons. The van der Waals surface area contributed by atoms with Crippen LogP contribution in [-0.2, 0) is 0 Å². The average Bonchev–Trinajstić information content (AvgIpc) is 2.34. The van der Waals surface area contributed by atoms with Gasteiger partial charge >= 0.3 is 0 Å². The fourth-order valence-corrected chi connectivity index (χ4v) is 2.53. The van der Waals surface area contributed by atoms with Crippen molar-refractivity contribution in [2.24, 2.45) is 0 Å². The summed E-state index contributed by atoms with van der Waals surface area (Å²) in [6.45, 7) is 0. The van der Waals surface area contributed by atoms with E-state index >= 15 is 0 Å². The van der Waals surface area contributed by atoms with Crippen molar-refractivity contribution in [1.29, 1.82) is 0 Å². The fraction of sp³-hybridized carbons (Fsp3) is 0.538. The summed E-state index contributed by atoms with van der Waals surface area (Å²) in [4.78, 5) is 0. The fourth-order valence-electron chi connectivity index (χ4n) is 2.08. The molecule has 0 bridgehead atoms. The summed E-state index contributed by atoms with van der Waals surface area (Å²) in [6, 6.07) is 5.59. The summed E-state index contributed by atoms with van der Waals surface area (Å²) in [6.07, 6.45) is 3.52. The number of aliphatic hydroxyl groups excluding tert-OH is 1. The normalized spacial score (nSPS) is 24.4. The van der Waals surface area contributed by atoms with Crippen molar-refractivity contribution in [3.05, 3.63) is 22.7 Å². The van der Waals surface area contributed by atoms with Gasteiger partial charge in [0.25, 0.3) is 0 Å². The van der Waals surface area contributed by atoms with E-state index in [4.69, 9.17) is 9.47 Å². The molecule has 0 spiro atoms. The first kappa shape index (κ1) is 12.7. The van der Waals surface area contributed by atoms with Crippen molar-refractivity contribution in [3.8, 4) is 11.5 Å². The molecule has 0 radical (unpaired) electrons. The number of methoxy groups -OCH3 is 1. The molecule has 0 amide bonds. The Balaban J connectivity index is 2.07. The van der Waals surface area contributed by atoms with Crippen molar-refractivity contribution < 1.29 is 14.6 Å². The van der Waals surface area contributed by atoms with Crippen molar-refractivity contribution in [2.75, 3.05) is 7.11 Å². The lowest BCUT2D eigenvalue weighted by Crippen LogP contribution is -2.34. The van der Waals surface area contributed by atoms with Gasteiger partial charge < -0.3 is 14.6 Å². The molecule has 0 heterocycles. The summed E-state index contributed by atoms with van der Waals surface area (Å²) in [7, 11) is 1.63. The minimum absolute atomic E-state index is 0.0894. The first-order chi connectivity index (χ1) is 8.20. The Morgan fingerprint density at radius 2 is 2.06 bits per heavy atom. The summed E-state index contributed by atoms with van der Waals surface area (Å²) in [5.74, 6) is 1.55. The number of halogens is 1. The second kappa shape index (κ2) is 5.74. The number of rotatable bonds is 3. The lowest BCUT2D eigenvalue weighted by Gasteiger charge is -2.28. The van der Waals surface area contributed by atoms with Crippen LogP contribution in [0.4, 0.5) is 0 Å². The second-order valence-corrected chi connectivity index (χ2v) is 5.16. The third-order valence-electron chi connectivity index (χ3n) is 3.09. The Kier molecular flexibility index (Phi) is 4.29. The number of aliphatic hydroxyl groups is 1. The van der Waals surface area contributed by atoms with Crippen molar-refractivity contribution in [3.63, 3.8) is 0 Å². The van der Waals surface area contributed by atoms with E-state index in [1.165, 1.54) is 0 Å². The first-order valence-corrected chi connectivity index (χ1v) is 6.68. The Hall–Kier alpha value is -0.740. The predicted molar refractivity (Wildman–Crippen MR) is 69.6 cm³/mol. The van der Waals surface area contributed by atoms with Crippen LogP contribution in [0.1, 0.15) is 25.7 Å². The topological polar surface area (TPSA) is 38.7 Å². The zero-order valence-electron chi connectivity index (χ0n) is 9.86. The molecule has 0 aliphatic heterocycles. The van der Waals surface area contributed by atoms with Gasteiger partial charge in [0.2, 0.25) is 0 Å². The predicted octanol–water partition coefficient (Wildman–Crippen LogP) is 3.14. The van der Waals surface area contributed by atoms with Gasteiger partial charge in [-0.1, -0.05) is 6.42 Å².